The molecule has 0 aromatic heterocycles. The van der Waals surface area contributed by atoms with Gasteiger partial charge in [-0.15, -0.1) is 0 Å². The van der Waals surface area contributed by atoms with Gasteiger partial charge in [-0.1, -0.05) is 61.0 Å². The van der Waals surface area contributed by atoms with Gasteiger partial charge in [-0.05, 0) is 19.8 Å². The highest BCUT2D eigenvalue weighted by Crippen LogP contribution is 2.37. The number of unbranched alkanes of at least 4 members (excludes halogenated alkanes) is 2. The molecule has 514 valence electrons. The van der Waals surface area contributed by atoms with E-state index in [4.69, 9.17) is 37.9 Å². The summed E-state index contributed by atoms with van der Waals surface area (Å²) in [7, 11) is -21.9. The molecule has 4 aliphatic heterocycles. The van der Waals surface area contributed by atoms with Crippen LogP contribution in [0.4, 0.5) is 0 Å². The molecule has 1 amide bonds. The lowest BCUT2D eigenvalue weighted by Crippen LogP contribution is -2.70. The maximum atomic E-state index is 13.9. The van der Waals surface area contributed by atoms with E-state index in [9.17, 15) is 115 Å². The molecule has 4 saturated heterocycles. The number of hydrogen-bond donors (Lipinski definition) is 13. The van der Waals surface area contributed by atoms with Crippen molar-refractivity contribution < 1.29 is 174 Å². The Hall–Kier alpha value is -4.78. The number of carboxylic acid groups (broad SMARTS) is 2. The fourth-order valence-corrected chi connectivity index (χ4v) is 11.6. The van der Waals surface area contributed by atoms with E-state index in [0.29, 0.717) is 11.1 Å². The summed E-state index contributed by atoms with van der Waals surface area (Å²) < 4.78 is 222. The lowest BCUT2D eigenvalue weighted by Gasteiger charge is -2.50. The minimum Gasteiger partial charge on any atom is -0.479 e. The molecule has 45 heteroatoms. The molecule has 2 aromatic rings. The number of amides is 1. The van der Waals surface area contributed by atoms with Crippen LogP contribution < -0.4 is 10.8 Å². The van der Waals surface area contributed by atoms with Crippen molar-refractivity contribution >= 4 is 82.4 Å². The van der Waals surface area contributed by atoms with E-state index >= 15 is 0 Å². The van der Waals surface area contributed by atoms with Crippen LogP contribution in [0, 0.1) is 0 Å². The van der Waals surface area contributed by atoms with Gasteiger partial charge in [0.1, 0.15) is 67.1 Å². The van der Waals surface area contributed by atoms with E-state index in [-0.39, 0.29) is 42.8 Å². The van der Waals surface area contributed by atoms with Crippen molar-refractivity contribution in [3.63, 3.8) is 0 Å². The first-order valence-electron chi connectivity index (χ1n) is 26.3. The number of ketones is 2. The molecule has 6 rings (SSSR count). The Morgan fingerprint density at radius 1 is 0.538 bits per heavy atom. The zero-order valence-corrected chi connectivity index (χ0v) is 50.8. The Kier molecular flexibility index (Phi) is 26.5. The highest BCUT2D eigenvalue weighted by Gasteiger charge is 2.59. The molecule has 2 aromatic carbocycles. The second kappa shape index (κ2) is 32.1. The predicted molar refractivity (Wildman–Crippen MR) is 287 cm³/mol. The number of aliphatic hydroxyl groups is 4. The molecule has 91 heavy (non-hydrogen) atoms. The van der Waals surface area contributed by atoms with Crippen LogP contribution >= 0.6 is 0 Å². The van der Waals surface area contributed by atoms with E-state index in [1.165, 1.54) is 24.3 Å². The van der Waals surface area contributed by atoms with Crippen LogP contribution in [0.25, 0.3) is 0 Å². The molecule has 13 N–H and O–H groups in total. The smallest absolute Gasteiger partial charge is 0.397 e. The van der Waals surface area contributed by atoms with Crippen LogP contribution in [-0.4, -0.2) is 264 Å². The number of carboxylic acids is 2. The standard InChI is InChI=1S/C46H62N2O38S5/c1-19-27(48-86-87(60)61)30(52)34(24(77-19)17-75-88(62,63)64)79-46-39(85-91(71,72)73)33(55)37(41(83-46)43(58)59)81-44-28(47-26(50)12-8-4-7-11-23(49)20-13-15-22(16-14-20)29(51)21-9-5-3-6-10-21)31(53)35(25(78-44)18-76-89(65,66)67)80-45-38(84-90(68,69)70)32(54)36(74-2)40(82-45)42(56)57/h3,5-6,9-10,13-16,19,24-25,27-28,30-41,44-46,48,52-55H,4,7-8,11-12,17-18H2,1-2H3,(H,47,50)(H,56,57)(H,58,59)(H,60,61)(H,62,63,64)(H,65,66,67)(H,68,69,70)(H,71,72,73)/t19-,24?,25?,27-,28+,30?,31?,32-,33-,34+,35+,36+,37-,38?,39?,40?,41?,44+,45-,46-/m1/s1. The number of ether oxygens (including phenoxy) is 8. The van der Waals surface area contributed by atoms with Crippen molar-refractivity contribution in [3.8, 4) is 0 Å². The van der Waals surface area contributed by atoms with Gasteiger partial charge in [0.2, 0.25) is 5.91 Å². The molecule has 4 fully saturated rings. The number of aliphatic hydroxyl groups excluding tert-OH is 4. The first kappa shape index (κ1) is 75.3. The average molecular weight is 1410 g/mol. The van der Waals surface area contributed by atoms with Gasteiger partial charge in [0, 0.05) is 36.6 Å². The Morgan fingerprint density at radius 3 is 1.47 bits per heavy atom. The molecule has 4 heterocycles. The minimum atomic E-state index is -5.94. The molecule has 9 unspecified atom stereocenters. The van der Waals surface area contributed by atoms with Gasteiger partial charge >= 0.3 is 64.9 Å². The summed E-state index contributed by atoms with van der Waals surface area (Å²) in [5.74, 6) is -5.99. The summed E-state index contributed by atoms with van der Waals surface area (Å²) in [6.07, 6.45) is -45.2. The van der Waals surface area contributed by atoms with Crippen molar-refractivity contribution in [1.82, 2.24) is 10.8 Å². The van der Waals surface area contributed by atoms with Crippen molar-refractivity contribution in [2.75, 3.05) is 20.3 Å². The second-order valence-corrected chi connectivity index (χ2v) is 25.0. The molecular weight excluding hydrogens is 1350 g/mol. The van der Waals surface area contributed by atoms with Crippen LogP contribution in [0.3, 0.4) is 0 Å². The quantitative estimate of drug-likeness (QED) is 0.0108. The Morgan fingerprint density at radius 2 is 0.989 bits per heavy atom. The topological polar surface area (TPSA) is 606 Å². The van der Waals surface area contributed by atoms with E-state index in [0.717, 1.165) is 14.0 Å². The van der Waals surface area contributed by atoms with Crippen LogP contribution in [0.2, 0.25) is 0 Å². The SMILES string of the molecule is CO[C@@H]1C(C(=O)O)O[C@@H](O[C@H]2C(COS(=O)(=O)O)O[C@@H](O[C@H]3C(C(=O)O)O[C@@H](O[C@H]4C(COS(=O)(=O)O)O[C@H](C)[C@@H](NOS(=O)O)C4O)C(OS(=O)(=O)O)[C@@H]3O)[C@@H](NC(=O)CCCCCC(=O)c3ccc(C(=O)c4ccccc4)cc3)C2O)C(OS(=O)(=O)O)[C@@H]1O. The minimum absolute atomic E-state index is 0.0944. The van der Waals surface area contributed by atoms with Crippen molar-refractivity contribution in [1.29, 1.82) is 0 Å². The van der Waals surface area contributed by atoms with Crippen LogP contribution in [0.1, 0.15) is 65.3 Å². The number of rotatable bonds is 32. The summed E-state index contributed by atoms with van der Waals surface area (Å²) in [4.78, 5) is 65.5. The van der Waals surface area contributed by atoms with Crippen LogP contribution in [0.15, 0.2) is 54.6 Å². The normalized spacial score (nSPS) is 32.9. The van der Waals surface area contributed by atoms with Gasteiger partial charge in [0.05, 0.1) is 25.4 Å². The summed E-state index contributed by atoms with van der Waals surface area (Å²) >= 11 is -3.12. The second-order valence-electron chi connectivity index (χ2n) is 20.1. The third-order valence-corrected chi connectivity index (χ3v) is 16.0. The number of hydroxylamine groups is 1. The number of Topliss-reactive ketones (excluding diaryl/α,β-unsaturated/α-hetero) is 1. The molecule has 0 radical (unpaired) electrons. The van der Waals surface area contributed by atoms with Gasteiger partial charge in [-0.3, -0.25) is 37.1 Å². The molecule has 0 aliphatic carbocycles. The summed E-state index contributed by atoms with van der Waals surface area (Å²) in [5, 5.41) is 69.6. The van der Waals surface area contributed by atoms with Crippen molar-refractivity contribution in [2.24, 2.45) is 0 Å². The van der Waals surface area contributed by atoms with E-state index in [1.54, 1.807) is 30.3 Å². The molecule has 21 atom stereocenters. The fraction of sp³-hybridized carbons (Fsp3) is 0.630. The van der Waals surface area contributed by atoms with Gasteiger partial charge in [-0.25, -0.2) is 26.3 Å². The molecule has 0 spiro atoms. The van der Waals surface area contributed by atoms with E-state index in [1.807, 2.05) is 5.48 Å². The number of benzene rings is 2. The van der Waals surface area contributed by atoms with Crippen molar-refractivity contribution in [2.45, 2.75) is 162 Å². The molecular formula is C46H62N2O38S5. The number of methoxy groups -OCH3 is 1. The third kappa shape index (κ3) is 21.4. The maximum absolute atomic E-state index is 13.9. The number of nitrogens with one attached hydrogen (secondary N) is 2. The van der Waals surface area contributed by atoms with E-state index in [2.05, 4.69) is 26.3 Å². The van der Waals surface area contributed by atoms with Crippen molar-refractivity contribution in [3.05, 3.63) is 71.3 Å². The van der Waals surface area contributed by atoms with Crippen LogP contribution in [-0.2, 0) is 126 Å². The summed E-state index contributed by atoms with van der Waals surface area (Å²) in [6, 6.07) is 9.97. The molecule has 40 nitrogen and oxygen atoms in total. The predicted octanol–water partition coefficient (Wildman–Crippen LogP) is -4.68. The highest BCUT2D eigenvalue weighted by molar-refractivity contribution is 7.81. The molecule has 0 bridgehead atoms. The Labute approximate surface area is 518 Å². The van der Waals surface area contributed by atoms with Crippen LogP contribution in [0.5, 0.6) is 0 Å². The van der Waals surface area contributed by atoms with E-state index < -0.39 is 213 Å². The van der Waals surface area contributed by atoms with Gasteiger partial charge in [0.25, 0.3) is 0 Å². The van der Waals surface area contributed by atoms with Gasteiger partial charge in [0.15, 0.2) is 54.9 Å². The Bertz CT molecular complexity index is 3330. The zero-order valence-electron chi connectivity index (χ0n) is 46.7. The molecule has 0 saturated carbocycles. The number of hydrogen-bond acceptors (Lipinski definition) is 32. The largest absolute Gasteiger partial charge is 0.479 e. The third-order valence-electron chi connectivity index (χ3n) is 13.9. The number of aliphatic carboxylic acids is 2. The first-order valence-corrected chi connectivity index (χ1v) is 32.8. The molecule has 4 aliphatic rings. The first-order chi connectivity index (χ1) is 42.4. The van der Waals surface area contributed by atoms with Gasteiger partial charge < -0.3 is 73.9 Å². The monoisotopic (exact) mass is 1410 g/mol. The summed E-state index contributed by atoms with van der Waals surface area (Å²) in [6.45, 7) is -1.79. The number of carbonyl (C=O) groups is 5. The Balaban J connectivity index is 1.33. The maximum Gasteiger partial charge on any atom is 0.397 e. The lowest BCUT2D eigenvalue weighted by molar-refractivity contribution is -0.366. The number of carbonyl (C=O) groups excluding carboxylic acids is 3. The summed E-state index contributed by atoms with van der Waals surface area (Å²) in [5.41, 5.74) is 2.86. The zero-order chi connectivity index (χ0) is 67.7. The highest BCUT2D eigenvalue weighted by atomic mass is 32.3. The average Bonchev–Trinajstić information content (AvgIpc) is 0.806. The van der Waals surface area contributed by atoms with Gasteiger partial charge in [-0.2, -0.15) is 47.6 Å². The lowest BCUT2D eigenvalue weighted by atomic mass is 9.93. The fourth-order valence-electron chi connectivity index (χ4n) is 9.85.